The van der Waals surface area contributed by atoms with E-state index in [1.165, 1.54) is 19.3 Å². The topological polar surface area (TPSA) is 87.7 Å². The van der Waals surface area contributed by atoms with Gasteiger partial charge in [-0.1, -0.05) is 6.42 Å². The Kier molecular flexibility index (Phi) is 6.42. The number of nitrogens with one attached hydrogen (secondary N) is 2. The lowest BCUT2D eigenvalue weighted by Crippen LogP contribution is -2.24. The maximum atomic E-state index is 13.5. The van der Waals surface area contributed by atoms with Crippen LogP contribution in [0, 0.1) is 17.8 Å². The summed E-state index contributed by atoms with van der Waals surface area (Å²) in [6, 6.07) is 12.0. The highest BCUT2D eigenvalue weighted by Crippen LogP contribution is 2.49. The number of carbonyl (C=O) groups is 1. The average Bonchev–Trinajstić information content (AvgIpc) is 3.58. The van der Waals surface area contributed by atoms with Crippen LogP contribution in [0.3, 0.4) is 0 Å². The molecule has 2 aromatic rings. The minimum Gasteiger partial charge on any atom is -0.497 e. The van der Waals surface area contributed by atoms with Gasteiger partial charge in [0.1, 0.15) is 10.6 Å². The van der Waals surface area contributed by atoms with Crippen molar-refractivity contribution >= 4 is 33.0 Å². The molecular weight excluding hydrogens is 450 g/mol. The summed E-state index contributed by atoms with van der Waals surface area (Å²) in [6.45, 7) is 1.64. The molecule has 7 nitrogen and oxygen atoms in total. The van der Waals surface area contributed by atoms with E-state index in [0.717, 1.165) is 38.3 Å². The fourth-order valence-electron chi connectivity index (χ4n) is 5.97. The second-order valence-corrected chi connectivity index (χ2v) is 11.5. The lowest BCUT2D eigenvalue weighted by atomic mass is 9.86. The van der Waals surface area contributed by atoms with Gasteiger partial charge in [0.25, 0.3) is 10.0 Å². The Morgan fingerprint density at radius 1 is 1.03 bits per heavy atom. The third kappa shape index (κ3) is 4.87. The zero-order valence-corrected chi connectivity index (χ0v) is 20.4. The zero-order valence-electron chi connectivity index (χ0n) is 19.6. The van der Waals surface area contributed by atoms with Crippen LogP contribution >= 0.6 is 0 Å². The van der Waals surface area contributed by atoms with Crippen LogP contribution in [0.25, 0.3) is 0 Å². The molecule has 0 aromatic heterocycles. The molecule has 1 amide bonds. The maximum absolute atomic E-state index is 13.5. The molecule has 2 saturated carbocycles. The van der Waals surface area contributed by atoms with Gasteiger partial charge >= 0.3 is 0 Å². The Balaban J connectivity index is 1.37. The van der Waals surface area contributed by atoms with Crippen molar-refractivity contribution in [1.82, 2.24) is 0 Å². The molecule has 3 atom stereocenters. The molecule has 3 fully saturated rings. The predicted molar refractivity (Wildman–Crippen MR) is 134 cm³/mol. The molecule has 0 spiro atoms. The minimum absolute atomic E-state index is 0.0297. The highest BCUT2D eigenvalue weighted by atomic mass is 32.2. The molecule has 5 rings (SSSR count). The maximum Gasteiger partial charge on any atom is 0.264 e. The van der Waals surface area contributed by atoms with E-state index in [4.69, 9.17) is 4.74 Å². The number of methoxy groups -OCH3 is 1. The molecular formula is C26H33N3O4S. The van der Waals surface area contributed by atoms with E-state index < -0.39 is 10.0 Å². The highest BCUT2D eigenvalue weighted by molar-refractivity contribution is 7.92. The summed E-state index contributed by atoms with van der Waals surface area (Å²) in [5, 5.41) is 2.97. The first-order chi connectivity index (χ1) is 16.4. The predicted octanol–water partition coefficient (Wildman–Crippen LogP) is 4.86. The number of fused-ring (bicyclic) bond motifs is 2. The summed E-state index contributed by atoms with van der Waals surface area (Å²) < 4.78 is 34.8. The molecule has 0 radical (unpaired) electrons. The summed E-state index contributed by atoms with van der Waals surface area (Å²) >= 11 is 0. The normalized spacial score (nSPS) is 23.8. The summed E-state index contributed by atoms with van der Waals surface area (Å²) in [4.78, 5) is 15.1. The number of carbonyl (C=O) groups excluding carboxylic acids is 1. The van der Waals surface area contributed by atoms with Gasteiger partial charge in [0, 0.05) is 30.9 Å². The summed E-state index contributed by atoms with van der Waals surface area (Å²) in [5.41, 5.74) is 1.65. The van der Waals surface area contributed by atoms with E-state index in [2.05, 4.69) is 14.9 Å². The number of rotatable bonds is 8. The van der Waals surface area contributed by atoms with Crippen LogP contribution in [-0.4, -0.2) is 34.5 Å². The molecule has 1 aliphatic heterocycles. The molecule has 1 heterocycles. The van der Waals surface area contributed by atoms with Crippen molar-refractivity contribution in [2.24, 2.45) is 17.8 Å². The van der Waals surface area contributed by atoms with Gasteiger partial charge < -0.3 is 15.0 Å². The van der Waals surface area contributed by atoms with Crippen molar-refractivity contribution in [1.29, 1.82) is 0 Å². The molecule has 182 valence electrons. The highest BCUT2D eigenvalue weighted by Gasteiger charge is 2.40. The van der Waals surface area contributed by atoms with Crippen molar-refractivity contribution in [3.05, 3.63) is 42.5 Å². The second-order valence-electron chi connectivity index (χ2n) is 9.90. The Bertz CT molecular complexity index is 1140. The van der Waals surface area contributed by atoms with Crippen LogP contribution in [0.1, 0.15) is 44.9 Å². The van der Waals surface area contributed by atoms with Gasteiger partial charge in [-0.25, -0.2) is 8.42 Å². The van der Waals surface area contributed by atoms with Crippen molar-refractivity contribution in [3.63, 3.8) is 0 Å². The van der Waals surface area contributed by atoms with Gasteiger partial charge in [-0.15, -0.1) is 0 Å². The number of ether oxygens (including phenoxy) is 1. The molecule has 2 aliphatic carbocycles. The monoisotopic (exact) mass is 483 g/mol. The molecule has 1 saturated heterocycles. The van der Waals surface area contributed by atoms with Crippen molar-refractivity contribution in [2.45, 2.75) is 49.8 Å². The lowest BCUT2D eigenvalue weighted by molar-refractivity contribution is -0.117. The van der Waals surface area contributed by atoms with Crippen molar-refractivity contribution in [3.8, 4) is 5.75 Å². The van der Waals surface area contributed by atoms with E-state index in [9.17, 15) is 13.2 Å². The number of hydrogen-bond acceptors (Lipinski definition) is 5. The summed E-state index contributed by atoms with van der Waals surface area (Å²) in [6.07, 6.45) is 7.55. The van der Waals surface area contributed by atoms with Crippen LogP contribution < -0.4 is 19.7 Å². The smallest absolute Gasteiger partial charge is 0.264 e. The van der Waals surface area contributed by atoms with Crippen molar-refractivity contribution < 1.29 is 17.9 Å². The lowest BCUT2D eigenvalue weighted by Gasteiger charge is -2.23. The summed E-state index contributed by atoms with van der Waals surface area (Å²) in [7, 11) is -2.30. The van der Waals surface area contributed by atoms with E-state index in [-0.39, 0.29) is 10.8 Å². The Morgan fingerprint density at radius 2 is 1.76 bits per heavy atom. The van der Waals surface area contributed by atoms with E-state index in [1.807, 2.05) is 12.1 Å². The van der Waals surface area contributed by atoms with Gasteiger partial charge in [0.2, 0.25) is 5.91 Å². The van der Waals surface area contributed by atoms with E-state index in [0.29, 0.717) is 41.1 Å². The molecule has 2 aromatic carbocycles. The zero-order chi connectivity index (χ0) is 23.7. The average molecular weight is 484 g/mol. The second kappa shape index (κ2) is 9.49. The van der Waals surface area contributed by atoms with E-state index >= 15 is 0 Å². The Hall–Kier alpha value is -2.74. The van der Waals surface area contributed by atoms with Gasteiger partial charge in [-0.2, -0.15) is 0 Å². The first-order valence-corrected chi connectivity index (χ1v) is 13.8. The van der Waals surface area contributed by atoms with Crippen LogP contribution in [0.2, 0.25) is 0 Å². The quantitative estimate of drug-likeness (QED) is 0.560. The van der Waals surface area contributed by atoms with Crippen LogP contribution in [0.5, 0.6) is 5.75 Å². The number of nitrogens with zero attached hydrogens (tertiary/aromatic N) is 1. The third-order valence-electron chi connectivity index (χ3n) is 7.65. The van der Waals surface area contributed by atoms with Crippen LogP contribution in [0.15, 0.2) is 47.4 Å². The van der Waals surface area contributed by atoms with Crippen molar-refractivity contribution in [2.75, 3.05) is 35.1 Å². The van der Waals surface area contributed by atoms with Crippen LogP contribution in [0.4, 0.5) is 17.1 Å². The standard InChI is InChI=1S/C26H33N3O4S/c1-33-23-9-6-21(7-10-23)28-34(31,32)25-17-22(8-11-24(25)29-12-2-3-13-29)27-26(30)16-20-15-18-4-5-19(20)14-18/h6-11,17-20,28H,2-5,12-16H2,1H3,(H,27,30)/t18-,19+,20-/m0/s1. The first kappa shape index (κ1) is 23.0. The summed E-state index contributed by atoms with van der Waals surface area (Å²) in [5.74, 6) is 2.56. The number of sulfonamides is 1. The third-order valence-corrected chi connectivity index (χ3v) is 9.06. The van der Waals surface area contributed by atoms with Crippen LogP contribution in [-0.2, 0) is 14.8 Å². The first-order valence-electron chi connectivity index (χ1n) is 12.3. The molecule has 2 bridgehead atoms. The Morgan fingerprint density at radius 3 is 2.41 bits per heavy atom. The number of hydrogen-bond donors (Lipinski definition) is 2. The fourth-order valence-corrected chi connectivity index (χ4v) is 7.28. The number of benzene rings is 2. The van der Waals surface area contributed by atoms with Gasteiger partial charge in [-0.3, -0.25) is 9.52 Å². The SMILES string of the molecule is COc1ccc(NS(=O)(=O)c2cc(NC(=O)C[C@@H]3C[C@H]4CC[C@@H]3C4)ccc2N2CCCC2)cc1. The number of amides is 1. The number of anilines is 3. The Labute approximate surface area is 201 Å². The minimum atomic E-state index is -3.87. The van der Waals surface area contributed by atoms with Gasteiger partial charge in [0.05, 0.1) is 12.8 Å². The van der Waals surface area contributed by atoms with Gasteiger partial charge in [-0.05, 0) is 92.3 Å². The molecule has 3 aliphatic rings. The molecule has 8 heteroatoms. The van der Waals surface area contributed by atoms with E-state index in [1.54, 1.807) is 37.4 Å². The molecule has 2 N–H and O–H groups in total. The largest absolute Gasteiger partial charge is 0.497 e. The molecule has 34 heavy (non-hydrogen) atoms. The van der Waals surface area contributed by atoms with Gasteiger partial charge in [0.15, 0.2) is 0 Å². The fraction of sp³-hybridized carbons (Fsp3) is 0.500. The molecule has 0 unspecified atom stereocenters.